The highest BCUT2D eigenvalue weighted by molar-refractivity contribution is 5.20. The summed E-state index contributed by atoms with van der Waals surface area (Å²) in [6.07, 6.45) is -17.0. The van der Waals surface area contributed by atoms with Crippen molar-refractivity contribution in [3.8, 4) is 0 Å². The molecule has 20 atom stereocenters. The molecule has 8 aromatic carbocycles. The lowest BCUT2D eigenvalue weighted by Crippen LogP contribution is -2.67. The Morgan fingerprint density at radius 1 is 0.255 bits per heavy atom. The maximum absolute atomic E-state index is 13.7. The molecule has 0 spiro atoms. The van der Waals surface area contributed by atoms with Gasteiger partial charge in [-0.1, -0.05) is 250 Å². The first-order valence-corrected chi connectivity index (χ1v) is 34.5. The van der Waals surface area contributed by atoms with Crippen LogP contribution in [-0.2, 0) is 124 Å². The standard InChI is InChI=1S/C82H94O16/c1-55-56(2)92-57(3)71(85-47-61-32-16-7-17-33-61)70(55)96-82-79(76(89-51-65-40-24-11-25-41-65)73(59(5)94-82)87-49-63-36-20-9-21-37-63)98-80-69(83)75(72(58(4)93-80)86-48-62-34-18-8-19-35-62)97-81-78(91-53-67-44-28-13-29-45-67)77(90-52-66-42-26-12-27-43-66)74(88-50-64-38-22-10-23-39-64)68(95-81)54-84-46-60-30-14-6-15-31-60/h6-45,55-59,68-83H,46-54H2,1-5H3/t55?,56-,57?,58?,59?,68-,69?,70+,71-,72-,73-,74+,75+,76-,77?,78?,79?,80-,81+,82-/m0/s1. The van der Waals surface area contributed by atoms with E-state index in [4.69, 9.17) is 71.1 Å². The van der Waals surface area contributed by atoms with Crippen LogP contribution in [0.25, 0.3) is 0 Å². The van der Waals surface area contributed by atoms with Gasteiger partial charge in [-0.05, 0) is 72.2 Å². The van der Waals surface area contributed by atoms with E-state index < -0.39 is 104 Å². The van der Waals surface area contributed by atoms with Gasteiger partial charge in [0.1, 0.15) is 67.1 Å². The molecule has 0 aliphatic carbocycles. The molecule has 0 saturated carbocycles. The number of aliphatic hydroxyl groups excluding tert-OH is 1. The van der Waals surface area contributed by atoms with Crippen molar-refractivity contribution >= 4 is 0 Å². The minimum absolute atomic E-state index is 0.0675. The summed E-state index contributed by atoms with van der Waals surface area (Å²) in [5.74, 6) is -0.192. The van der Waals surface area contributed by atoms with Gasteiger partial charge in [0.15, 0.2) is 18.9 Å². The van der Waals surface area contributed by atoms with Crippen LogP contribution in [0, 0.1) is 5.92 Å². The summed E-state index contributed by atoms with van der Waals surface area (Å²) >= 11 is 0. The first-order chi connectivity index (χ1) is 48.1. The molecule has 98 heavy (non-hydrogen) atoms. The summed E-state index contributed by atoms with van der Waals surface area (Å²) < 4.78 is 106. The molecule has 8 unspecified atom stereocenters. The fraction of sp³-hybridized carbons (Fsp3) is 0.415. The summed E-state index contributed by atoms with van der Waals surface area (Å²) in [5.41, 5.74) is 7.57. The third-order valence-electron chi connectivity index (χ3n) is 18.8. The minimum atomic E-state index is -1.60. The Kier molecular flexibility index (Phi) is 26.0. The quantitative estimate of drug-likeness (QED) is 0.0437. The van der Waals surface area contributed by atoms with Crippen LogP contribution in [0.3, 0.4) is 0 Å². The van der Waals surface area contributed by atoms with E-state index in [1.54, 1.807) is 0 Å². The van der Waals surface area contributed by atoms with E-state index in [0.29, 0.717) is 13.2 Å². The fourth-order valence-corrected chi connectivity index (χ4v) is 13.3. The topological polar surface area (TPSA) is 159 Å². The van der Waals surface area contributed by atoms with Gasteiger partial charge >= 0.3 is 0 Å². The average molecular weight is 1340 g/mol. The summed E-state index contributed by atoms with van der Waals surface area (Å²) in [4.78, 5) is 0. The molecule has 0 aromatic heterocycles. The van der Waals surface area contributed by atoms with Crippen molar-refractivity contribution in [1.82, 2.24) is 0 Å². The van der Waals surface area contributed by atoms with Crippen LogP contribution in [-0.4, -0.2) is 128 Å². The van der Waals surface area contributed by atoms with E-state index in [1.165, 1.54) is 0 Å². The van der Waals surface area contributed by atoms with E-state index in [9.17, 15) is 5.11 Å². The van der Waals surface area contributed by atoms with Crippen LogP contribution in [0.4, 0.5) is 0 Å². The third-order valence-corrected chi connectivity index (χ3v) is 18.8. The Balaban J connectivity index is 0.928. The van der Waals surface area contributed by atoms with Gasteiger partial charge in [0, 0.05) is 5.92 Å². The van der Waals surface area contributed by atoms with Crippen molar-refractivity contribution in [2.75, 3.05) is 6.61 Å². The SMILES string of the molecule is CC1[C@H](C)OC(C)[C@H](OCc2ccccc2)[C@@H]1O[C@@H]1OC(C)[C@H](OCc2ccccc2)[C@H](OCc2ccccc2)C1O[C@@H]1OC(C)[C@H](OCc2ccccc2)[C@H](O[C@H]2O[C@@H](COCc3ccccc3)[C@@H](OCc3ccccc3)C(OCc3ccccc3)C2OCc2ccccc2)C1O. The zero-order chi connectivity index (χ0) is 67.4. The second-order valence-corrected chi connectivity index (χ2v) is 26.0. The monoisotopic (exact) mass is 1330 g/mol. The second-order valence-electron chi connectivity index (χ2n) is 26.0. The van der Waals surface area contributed by atoms with Gasteiger partial charge in [0.05, 0.1) is 90.0 Å². The highest BCUT2D eigenvalue weighted by atomic mass is 16.8. The van der Waals surface area contributed by atoms with Crippen LogP contribution < -0.4 is 0 Å². The van der Waals surface area contributed by atoms with Gasteiger partial charge in [-0.15, -0.1) is 0 Å². The van der Waals surface area contributed by atoms with Gasteiger partial charge in [-0.2, -0.15) is 0 Å². The van der Waals surface area contributed by atoms with E-state index >= 15 is 0 Å². The van der Waals surface area contributed by atoms with Crippen molar-refractivity contribution in [1.29, 1.82) is 0 Å². The lowest BCUT2D eigenvalue weighted by Gasteiger charge is -2.51. The summed E-state index contributed by atoms with van der Waals surface area (Å²) in [6, 6.07) is 79.7. The summed E-state index contributed by atoms with van der Waals surface area (Å²) in [5, 5.41) is 13.7. The number of benzene rings is 8. The maximum atomic E-state index is 13.7. The Labute approximate surface area is 577 Å². The van der Waals surface area contributed by atoms with Crippen molar-refractivity contribution in [2.45, 2.75) is 204 Å². The molecule has 4 aliphatic heterocycles. The largest absolute Gasteiger partial charge is 0.385 e. The zero-order valence-electron chi connectivity index (χ0n) is 56.6. The molecule has 4 heterocycles. The van der Waals surface area contributed by atoms with E-state index in [-0.39, 0.29) is 64.4 Å². The number of rotatable bonds is 31. The summed E-state index contributed by atoms with van der Waals surface area (Å²) in [7, 11) is 0. The number of aliphatic hydroxyl groups is 1. The van der Waals surface area contributed by atoms with Crippen LogP contribution in [0.5, 0.6) is 0 Å². The Hall–Kier alpha value is -6.88. The molecule has 0 radical (unpaired) electrons. The molecule has 4 saturated heterocycles. The van der Waals surface area contributed by atoms with Crippen LogP contribution in [0.15, 0.2) is 243 Å². The average Bonchev–Trinajstić information content (AvgIpc) is 0.769. The predicted octanol–water partition coefficient (Wildman–Crippen LogP) is 13.5. The maximum Gasteiger partial charge on any atom is 0.187 e. The lowest BCUT2D eigenvalue weighted by molar-refractivity contribution is -0.398. The minimum Gasteiger partial charge on any atom is -0.385 e. The molecular weight excluding hydrogens is 1240 g/mol. The molecule has 8 aromatic rings. The van der Waals surface area contributed by atoms with Crippen molar-refractivity contribution in [3.05, 3.63) is 287 Å². The molecular formula is C82H94O16. The second kappa shape index (κ2) is 35.9. The van der Waals surface area contributed by atoms with Crippen molar-refractivity contribution in [3.63, 3.8) is 0 Å². The van der Waals surface area contributed by atoms with E-state index in [0.717, 1.165) is 44.5 Å². The highest BCUT2D eigenvalue weighted by Crippen LogP contribution is 2.41. The molecule has 518 valence electrons. The predicted molar refractivity (Wildman–Crippen MR) is 368 cm³/mol. The molecule has 16 heteroatoms. The molecule has 12 rings (SSSR count). The Morgan fingerprint density at radius 2 is 0.531 bits per heavy atom. The van der Waals surface area contributed by atoms with E-state index in [2.05, 4.69) is 13.8 Å². The highest BCUT2D eigenvalue weighted by Gasteiger charge is 2.57. The normalized spacial score (nSPS) is 30.4. The van der Waals surface area contributed by atoms with Gasteiger partial charge in [0.2, 0.25) is 0 Å². The molecule has 4 aliphatic rings. The number of ether oxygens (including phenoxy) is 15. The van der Waals surface area contributed by atoms with E-state index in [1.807, 2.05) is 263 Å². The molecule has 0 bridgehead atoms. The lowest BCUT2D eigenvalue weighted by atomic mass is 9.88. The van der Waals surface area contributed by atoms with Crippen molar-refractivity contribution in [2.24, 2.45) is 5.92 Å². The molecule has 16 nitrogen and oxygen atoms in total. The van der Waals surface area contributed by atoms with Crippen LogP contribution in [0.1, 0.15) is 79.1 Å². The number of hydrogen-bond donors (Lipinski definition) is 1. The van der Waals surface area contributed by atoms with Crippen LogP contribution >= 0.6 is 0 Å². The Morgan fingerprint density at radius 3 is 0.929 bits per heavy atom. The number of hydrogen-bond acceptors (Lipinski definition) is 16. The molecule has 4 fully saturated rings. The van der Waals surface area contributed by atoms with Crippen molar-refractivity contribution < 1.29 is 76.2 Å². The van der Waals surface area contributed by atoms with Crippen LogP contribution in [0.2, 0.25) is 0 Å². The van der Waals surface area contributed by atoms with Gasteiger partial charge in [-0.3, -0.25) is 0 Å². The van der Waals surface area contributed by atoms with Gasteiger partial charge in [-0.25, -0.2) is 0 Å². The zero-order valence-corrected chi connectivity index (χ0v) is 56.6. The summed E-state index contributed by atoms with van der Waals surface area (Å²) in [6.45, 7) is 11.8. The Bertz CT molecular complexity index is 3520. The smallest absolute Gasteiger partial charge is 0.187 e. The third kappa shape index (κ3) is 19.1. The first-order valence-electron chi connectivity index (χ1n) is 34.5. The first kappa shape index (κ1) is 71.0. The van der Waals surface area contributed by atoms with Gasteiger partial charge in [0.25, 0.3) is 0 Å². The van der Waals surface area contributed by atoms with Gasteiger partial charge < -0.3 is 76.2 Å². The molecule has 0 amide bonds. The molecule has 1 N–H and O–H groups in total. The fourth-order valence-electron chi connectivity index (χ4n) is 13.3.